The van der Waals surface area contributed by atoms with Gasteiger partial charge in [0, 0.05) is 12.8 Å². The molecule has 0 aromatic heterocycles. The molecule has 0 saturated heterocycles. The van der Waals surface area contributed by atoms with E-state index in [9.17, 15) is 29.4 Å². The molecule has 3 amide bonds. The molecule has 0 fully saturated rings. The number of carbonyl (C=O) groups excluding carboxylic acids is 3. The second-order valence-corrected chi connectivity index (χ2v) is 11.0. The molecule has 4 atom stereocenters. The molecule has 0 aliphatic carbocycles. The molecule has 0 spiro atoms. The summed E-state index contributed by atoms with van der Waals surface area (Å²) in [7, 11) is 0. The van der Waals surface area contributed by atoms with Gasteiger partial charge in [-0.15, -0.1) is 0 Å². The van der Waals surface area contributed by atoms with E-state index in [0.717, 1.165) is 11.1 Å². The summed E-state index contributed by atoms with van der Waals surface area (Å²) in [5.41, 5.74) is 8.39. The van der Waals surface area contributed by atoms with Crippen molar-refractivity contribution in [2.45, 2.75) is 63.7 Å². The Morgan fingerprint density at radius 2 is 1.07 bits per heavy atom. The zero-order valence-corrected chi connectivity index (χ0v) is 24.4. The van der Waals surface area contributed by atoms with Crippen molar-refractivity contribution in [3.8, 4) is 5.75 Å². The minimum atomic E-state index is -1.28. The average Bonchev–Trinajstić information content (AvgIpc) is 2.97. The lowest BCUT2D eigenvalue weighted by molar-refractivity contribution is -0.142. The number of carboxylic acid groups (broad SMARTS) is 1. The number of hydrogen-bond donors (Lipinski definition) is 6. The maximum Gasteiger partial charge on any atom is 0.326 e. The molecule has 10 heteroatoms. The third-order valence-corrected chi connectivity index (χ3v) is 6.88. The van der Waals surface area contributed by atoms with Crippen LogP contribution in [0.1, 0.15) is 37.0 Å². The summed E-state index contributed by atoms with van der Waals surface area (Å²) in [6.07, 6.45) is 0.658. The number of amides is 3. The number of benzene rings is 3. The molecule has 7 N–H and O–H groups in total. The largest absolute Gasteiger partial charge is 0.508 e. The lowest BCUT2D eigenvalue weighted by atomic mass is 9.99. The summed E-state index contributed by atoms with van der Waals surface area (Å²) in [6, 6.07) is 20.1. The van der Waals surface area contributed by atoms with E-state index in [1.165, 1.54) is 12.1 Å². The van der Waals surface area contributed by atoms with E-state index < -0.39 is 47.9 Å². The Bertz CT molecular complexity index is 1350. The van der Waals surface area contributed by atoms with Crippen molar-refractivity contribution < 1.29 is 29.4 Å². The molecule has 10 nitrogen and oxygen atoms in total. The highest BCUT2D eigenvalue weighted by Gasteiger charge is 2.31. The molecule has 0 heterocycles. The van der Waals surface area contributed by atoms with Gasteiger partial charge in [-0.05, 0) is 47.6 Å². The highest BCUT2D eigenvalue weighted by molar-refractivity contribution is 5.94. The summed E-state index contributed by atoms with van der Waals surface area (Å²) in [4.78, 5) is 52.1. The van der Waals surface area contributed by atoms with Crippen LogP contribution in [0.2, 0.25) is 0 Å². The van der Waals surface area contributed by atoms with Crippen LogP contribution in [-0.4, -0.2) is 58.1 Å². The monoisotopic (exact) mass is 588 g/mol. The van der Waals surface area contributed by atoms with E-state index in [-0.39, 0.29) is 24.5 Å². The minimum Gasteiger partial charge on any atom is -0.508 e. The fourth-order valence-corrected chi connectivity index (χ4v) is 4.61. The van der Waals surface area contributed by atoms with Crippen molar-refractivity contribution in [3.63, 3.8) is 0 Å². The molecule has 3 aromatic carbocycles. The van der Waals surface area contributed by atoms with Gasteiger partial charge < -0.3 is 31.9 Å². The Morgan fingerprint density at radius 1 is 0.628 bits per heavy atom. The van der Waals surface area contributed by atoms with E-state index in [4.69, 9.17) is 5.73 Å². The molecular formula is C33H40N4O6. The van der Waals surface area contributed by atoms with E-state index in [1.807, 2.05) is 50.2 Å². The van der Waals surface area contributed by atoms with Gasteiger partial charge in [0.25, 0.3) is 0 Å². The van der Waals surface area contributed by atoms with Crippen LogP contribution in [-0.2, 0) is 38.4 Å². The van der Waals surface area contributed by atoms with Crippen molar-refractivity contribution in [2.75, 3.05) is 0 Å². The maximum absolute atomic E-state index is 13.6. The van der Waals surface area contributed by atoms with Gasteiger partial charge in [0.05, 0.1) is 6.04 Å². The van der Waals surface area contributed by atoms with Gasteiger partial charge in [0.1, 0.15) is 23.9 Å². The smallest absolute Gasteiger partial charge is 0.326 e. The molecular weight excluding hydrogens is 548 g/mol. The summed E-state index contributed by atoms with van der Waals surface area (Å²) in [6.45, 7) is 3.82. The Hall–Kier alpha value is -4.70. The van der Waals surface area contributed by atoms with Gasteiger partial charge in [-0.2, -0.15) is 0 Å². The molecule has 0 bridgehead atoms. The van der Waals surface area contributed by atoms with Gasteiger partial charge in [-0.3, -0.25) is 14.4 Å². The predicted molar refractivity (Wildman–Crippen MR) is 163 cm³/mol. The van der Waals surface area contributed by atoms with E-state index in [1.54, 1.807) is 36.4 Å². The Balaban J connectivity index is 1.76. The molecule has 43 heavy (non-hydrogen) atoms. The minimum absolute atomic E-state index is 0.0291. The number of phenolic OH excluding ortho intramolecular Hbond substituents is 1. The number of carboxylic acids is 1. The Morgan fingerprint density at radius 3 is 1.60 bits per heavy atom. The lowest BCUT2D eigenvalue weighted by Gasteiger charge is -2.26. The van der Waals surface area contributed by atoms with Gasteiger partial charge in [-0.1, -0.05) is 86.6 Å². The summed E-state index contributed by atoms with van der Waals surface area (Å²) in [5, 5.41) is 27.4. The van der Waals surface area contributed by atoms with Crippen LogP contribution >= 0.6 is 0 Å². The van der Waals surface area contributed by atoms with E-state index in [2.05, 4.69) is 16.0 Å². The standard InChI is InChI=1S/C33H40N4O6/c1-21(2)17-27(35-30(39)26(34)18-22-9-5-3-6-10-22)31(40)36-28(19-23-11-7-4-8-12-23)32(41)37-29(33(42)43)20-24-13-15-25(38)16-14-24/h3-16,21,26-29,38H,17-20,34H2,1-2H3,(H,35,39)(H,36,40)(H,37,41)(H,42,43). The number of carbonyl (C=O) groups is 4. The van der Waals surface area contributed by atoms with Gasteiger partial charge in [0.2, 0.25) is 17.7 Å². The molecule has 3 aromatic rings. The average molecular weight is 589 g/mol. The van der Waals surface area contributed by atoms with Gasteiger partial charge in [-0.25, -0.2) is 4.79 Å². The maximum atomic E-state index is 13.6. The van der Waals surface area contributed by atoms with Crippen LogP contribution in [0.25, 0.3) is 0 Å². The van der Waals surface area contributed by atoms with Crippen LogP contribution in [0.4, 0.5) is 0 Å². The van der Waals surface area contributed by atoms with E-state index in [0.29, 0.717) is 18.4 Å². The SMILES string of the molecule is CC(C)CC(NC(=O)C(N)Cc1ccccc1)C(=O)NC(Cc1ccccc1)C(=O)NC(Cc1ccc(O)cc1)C(=O)O. The fourth-order valence-electron chi connectivity index (χ4n) is 4.61. The van der Waals surface area contributed by atoms with Crippen LogP contribution in [0.15, 0.2) is 84.9 Å². The normalized spacial score (nSPS) is 13.8. The fraction of sp³-hybridized carbons (Fsp3) is 0.333. The molecule has 0 radical (unpaired) electrons. The Labute approximate surface area is 251 Å². The summed E-state index contributed by atoms with van der Waals surface area (Å²) in [5.74, 6) is -2.93. The van der Waals surface area contributed by atoms with Crippen molar-refractivity contribution in [2.24, 2.45) is 11.7 Å². The van der Waals surface area contributed by atoms with Crippen molar-refractivity contribution in [1.82, 2.24) is 16.0 Å². The third-order valence-electron chi connectivity index (χ3n) is 6.88. The molecule has 228 valence electrons. The lowest BCUT2D eigenvalue weighted by Crippen LogP contribution is -2.58. The topological polar surface area (TPSA) is 171 Å². The first-order valence-electron chi connectivity index (χ1n) is 14.3. The first kappa shape index (κ1) is 32.8. The second-order valence-electron chi connectivity index (χ2n) is 11.0. The summed E-state index contributed by atoms with van der Waals surface area (Å²) < 4.78 is 0. The number of hydrogen-bond acceptors (Lipinski definition) is 6. The zero-order chi connectivity index (χ0) is 31.4. The Kier molecular flexibility index (Phi) is 12.3. The molecule has 4 unspecified atom stereocenters. The quantitative estimate of drug-likeness (QED) is 0.158. The van der Waals surface area contributed by atoms with Crippen LogP contribution < -0.4 is 21.7 Å². The first-order valence-corrected chi connectivity index (χ1v) is 14.3. The molecule has 0 saturated carbocycles. The third kappa shape index (κ3) is 10.9. The highest BCUT2D eigenvalue weighted by Crippen LogP contribution is 2.13. The molecule has 3 rings (SSSR count). The van der Waals surface area contributed by atoms with Crippen molar-refractivity contribution >= 4 is 23.7 Å². The molecule has 0 aliphatic heterocycles. The van der Waals surface area contributed by atoms with Crippen molar-refractivity contribution in [1.29, 1.82) is 0 Å². The summed E-state index contributed by atoms with van der Waals surface area (Å²) >= 11 is 0. The first-order chi connectivity index (χ1) is 20.5. The van der Waals surface area contributed by atoms with E-state index >= 15 is 0 Å². The number of aliphatic carboxylic acids is 1. The molecule has 0 aliphatic rings. The number of aromatic hydroxyl groups is 1. The van der Waals surface area contributed by atoms with Gasteiger partial charge >= 0.3 is 5.97 Å². The van der Waals surface area contributed by atoms with Crippen molar-refractivity contribution in [3.05, 3.63) is 102 Å². The zero-order valence-electron chi connectivity index (χ0n) is 24.4. The number of nitrogens with one attached hydrogen (secondary N) is 3. The van der Waals surface area contributed by atoms with Gasteiger partial charge in [0.15, 0.2) is 0 Å². The number of phenols is 1. The second kappa shape index (κ2) is 16.1. The predicted octanol–water partition coefficient (Wildman–Crippen LogP) is 2.33. The number of rotatable bonds is 15. The highest BCUT2D eigenvalue weighted by atomic mass is 16.4. The van der Waals surface area contributed by atoms with Crippen LogP contribution in [0, 0.1) is 5.92 Å². The van der Waals surface area contributed by atoms with Crippen LogP contribution in [0.5, 0.6) is 5.75 Å². The van der Waals surface area contributed by atoms with Crippen LogP contribution in [0.3, 0.4) is 0 Å². The number of nitrogens with two attached hydrogens (primary N) is 1.